The first-order valence-electron chi connectivity index (χ1n) is 11.8. The zero-order chi connectivity index (χ0) is 23.7. The molecule has 1 saturated carbocycles. The summed E-state index contributed by atoms with van der Waals surface area (Å²) in [6.07, 6.45) is 3.50. The minimum Gasteiger partial charge on any atom is -0.486 e. The molecule has 0 aromatic heterocycles. The fraction of sp³-hybridized carbons (Fsp3) is 0.321. The predicted octanol–water partition coefficient (Wildman–Crippen LogP) is 5.63. The molecule has 1 N–H and O–H groups in total. The molecule has 0 saturated heterocycles. The fourth-order valence-corrected chi connectivity index (χ4v) is 4.52. The van der Waals surface area contributed by atoms with E-state index in [2.05, 4.69) is 12.1 Å². The lowest BCUT2D eigenvalue weighted by Crippen LogP contribution is -2.29. The number of carbonyl (C=O) groups excluding carboxylic acids is 1. The van der Waals surface area contributed by atoms with Crippen molar-refractivity contribution in [3.63, 3.8) is 0 Å². The SMILES string of the molecule is CN(CCO)C(=O)c1ccc(Oc2ccc(F)c3c2CCC3Oc2ccc(C3CC3)cc2)cc1. The van der Waals surface area contributed by atoms with Crippen molar-refractivity contribution in [2.24, 2.45) is 0 Å². The van der Waals surface area contributed by atoms with Gasteiger partial charge in [-0.15, -0.1) is 0 Å². The van der Waals surface area contributed by atoms with Crippen LogP contribution >= 0.6 is 0 Å². The number of likely N-dealkylation sites (N-methyl/N-ethyl adjacent to an activating group) is 1. The number of benzene rings is 3. The number of aliphatic hydroxyl groups excluding tert-OH is 1. The molecule has 0 radical (unpaired) electrons. The largest absolute Gasteiger partial charge is 0.486 e. The highest BCUT2D eigenvalue weighted by molar-refractivity contribution is 5.94. The van der Waals surface area contributed by atoms with E-state index in [0.29, 0.717) is 41.4 Å². The van der Waals surface area contributed by atoms with Crippen LogP contribution in [0.15, 0.2) is 60.7 Å². The van der Waals surface area contributed by atoms with Gasteiger partial charge in [0.2, 0.25) is 0 Å². The molecule has 1 fully saturated rings. The van der Waals surface area contributed by atoms with Crippen molar-refractivity contribution >= 4 is 5.91 Å². The van der Waals surface area contributed by atoms with Crippen LogP contribution in [0.25, 0.3) is 0 Å². The van der Waals surface area contributed by atoms with Crippen LogP contribution in [0.4, 0.5) is 4.39 Å². The maximum absolute atomic E-state index is 14.8. The molecule has 34 heavy (non-hydrogen) atoms. The van der Waals surface area contributed by atoms with Crippen LogP contribution < -0.4 is 9.47 Å². The Morgan fingerprint density at radius 2 is 1.71 bits per heavy atom. The molecule has 0 heterocycles. The van der Waals surface area contributed by atoms with Crippen LogP contribution in [0.5, 0.6) is 17.2 Å². The molecule has 1 unspecified atom stereocenters. The predicted molar refractivity (Wildman–Crippen MR) is 127 cm³/mol. The maximum atomic E-state index is 14.8. The van der Waals surface area contributed by atoms with Crippen LogP contribution in [0.3, 0.4) is 0 Å². The van der Waals surface area contributed by atoms with E-state index >= 15 is 0 Å². The highest BCUT2D eigenvalue weighted by atomic mass is 19.1. The first-order chi connectivity index (χ1) is 16.5. The highest BCUT2D eigenvalue weighted by Gasteiger charge is 2.31. The van der Waals surface area contributed by atoms with Crippen molar-refractivity contribution < 1.29 is 23.8 Å². The number of carbonyl (C=O) groups is 1. The summed E-state index contributed by atoms with van der Waals surface area (Å²) in [6.45, 7) is 0.183. The lowest BCUT2D eigenvalue weighted by atomic mass is 10.1. The Kier molecular flexibility index (Phi) is 6.24. The van der Waals surface area contributed by atoms with E-state index in [1.807, 2.05) is 12.1 Å². The molecule has 2 aliphatic carbocycles. The van der Waals surface area contributed by atoms with Crippen molar-refractivity contribution in [3.05, 3.63) is 88.7 Å². The molecule has 5 nitrogen and oxygen atoms in total. The molecule has 176 valence electrons. The standard InChI is InChI=1S/C28H28FNO4/c1-30(16-17-31)28(32)20-6-10-21(11-7-20)33-25-15-13-24(29)27-23(25)12-14-26(27)34-22-8-4-19(5-9-22)18-2-3-18/h4-11,13,15,18,26,31H,2-3,12,14,16-17H2,1H3. The van der Waals surface area contributed by atoms with Crippen molar-refractivity contribution in [2.45, 2.75) is 37.7 Å². The van der Waals surface area contributed by atoms with Gasteiger partial charge in [0, 0.05) is 30.3 Å². The van der Waals surface area contributed by atoms with E-state index in [-0.39, 0.29) is 31.0 Å². The average Bonchev–Trinajstić information content (AvgIpc) is 3.62. The summed E-state index contributed by atoms with van der Waals surface area (Å²) in [7, 11) is 1.64. The lowest BCUT2D eigenvalue weighted by Gasteiger charge is -2.17. The van der Waals surface area contributed by atoms with Gasteiger partial charge in [-0.1, -0.05) is 12.1 Å². The summed E-state index contributed by atoms with van der Waals surface area (Å²) >= 11 is 0. The maximum Gasteiger partial charge on any atom is 0.253 e. The summed E-state index contributed by atoms with van der Waals surface area (Å²) < 4.78 is 27.1. The van der Waals surface area contributed by atoms with Crippen molar-refractivity contribution in [3.8, 4) is 17.2 Å². The summed E-state index contributed by atoms with van der Waals surface area (Å²) in [6, 6.07) is 18.1. The molecule has 3 aromatic rings. The first kappa shape index (κ1) is 22.4. The molecule has 1 atom stereocenters. The minimum atomic E-state index is -0.354. The number of aliphatic hydroxyl groups is 1. The molecule has 6 heteroatoms. The quantitative estimate of drug-likeness (QED) is 0.473. The average molecular weight is 462 g/mol. The summed E-state index contributed by atoms with van der Waals surface area (Å²) in [5.74, 6) is 2.14. The molecule has 2 aliphatic rings. The summed E-state index contributed by atoms with van der Waals surface area (Å²) in [4.78, 5) is 13.8. The third-order valence-electron chi connectivity index (χ3n) is 6.56. The molecule has 5 rings (SSSR count). The second-order valence-electron chi connectivity index (χ2n) is 9.00. The van der Waals surface area contributed by atoms with Crippen LogP contribution in [-0.2, 0) is 6.42 Å². The van der Waals surface area contributed by atoms with Crippen LogP contribution in [0.1, 0.15) is 58.3 Å². The van der Waals surface area contributed by atoms with Gasteiger partial charge in [0.15, 0.2) is 0 Å². The highest BCUT2D eigenvalue weighted by Crippen LogP contribution is 2.43. The fourth-order valence-electron chi connectivity index (χ4n) is 4.52. The van der Waals surface area contributed by atoms with Gasteiger partial charge in [0.1, 0.15) is 29.2 Å². The smallest absolute Gasteiger partial charge is 0.253 e. The topological polar surface area (TPSA) is 59.0 Å². The molecular weight excluding hydrogens is 433 g/mol. The van der Waals surface area contributed by atoms with Crippen molar-refractivity contribution in [1.29, 1.82) is 0 Å². The Balaban J connectivity index is 1.31. The number of nitrogens with zero attached hydrogens (tertiary/aromatic N) is 1. The number of fused-ring (bicyclic) bond motifs is 1. The zero-order valence-corrected chi connectivity index (χ0v) is 19.2. The van der Waals surface area contributed by atoms with Gasteiger partial charge in [-0.05, 0) is 85.7 Å². The zero-order valence-electron chi connectivity index (χ0n) is 19.2. The van der Waals surface area contributed by atoms with Gasteiger partial charge in [-0.25, -0.2) is 4.39 Å². The Bertz CT molecular complexity index is 1170. The van der Waals surface area contributed by atoms with E-state index in [4.69, 9.17) is 14.6 Å². The normalized spacial score (nSPS) is 16.7. The third kappa shape index (κ3) is 4.64. The van der Waals surface area contributed by atoms with E-state index in [1.165, 1.54) is 29.4 Å². The van der Waals surface area contributed by atoms with Crippen LogP contribution in [-0.4, -0.2) is 36.1 Å². The molecule has 1 amide bonds. The van der Waals surface area contributed by atoms with E-state index in [1.54, 1.807) is 37.4 Å². The van der Waals surface area contributed by atoms with Gasteiger partial charge >= 0.3 is 0 Å². The number of hydrogen-bond donors (Lipinski definition) is 1. The van der Waals surface area contributed by atoms with Gasteiger partial charge < -0.3 is 19.5 Å². The first-order valence-corrected chi connectivity index (χ1v) is 11.8. The van der Waals surface area contributed by atoms with E-state index in [0.717, 1.165) is 11.3 Å². The minimum absolute atomic E-state index is 0.0877. The molecule has 3 aromatic carbocycles. The Morgan fingerprint density at radius 3 is 2.38 bits per heavy atom. The summed E-state index contributed by atoms with van der Waals surface area (Å²) in [5, 5.41) is 9.02. The van der Waals surface area contributed by atoms with Gasteiger partial charge in [-0.3, -0.25) is 4.79 Å². The van der Waals surface area contributed by atoms with E-state index < -0.39 is 0 Å². The number of amides is 1. The molecular formula is C28H28FNO4. The Morgan fingerprint density at radius 1 is 1.00 bits per heavy atom. The molecule has 0 aliphatic heterocycles. The van der Waals surface area contributed by atoms with Gasteiger partial charge in [-0.2, -0.15) is 0 Å². The Hall–Kier alpha value is -3.38. The second kappa shape index (κ2) is 9.47. The van der Waals surface area contributed by atoms with Crippen molar-refractivity contribution in [1.82, 2.24) is 4.90 Å². The molecule has 0 spiro atoms. The molecule has 0 bridgehead atoms. The number of ether oxygens (including phenoxy) is 2. The monoisotopic (exact) mass is 461 g/mol. The van der Waals surface area contributed by atoms with Gasteiger partial charge in [0.25, 0.3) is 5.91 Å². The lowest BCUT2D eigenvalue weighted by molar-refractivity contribution is 0.0767. The Labute approximate surface area is 198 Å². The third-order valence-corrected chi connectivity index (χ3v) is 6.56. The van der Waals surface area contributed by atoms with Crippen LogP contribution in [0, 0.1) is 5.82 Å². The number of rotatable bonds is 8. The van der Waals surface area contributed by atoms with Crippen molar-refractivity contribution in [2.75, 3.05) is 20.2 Å². The van der Waals surface area contributed by atoms with Gasteiger partial charge in [0.05, 0.1) is 6.61 Å². The second-order valence-corrected chi connectivity index (χ2v) is 9.00. The van der Waals surface area contributed by atoms with E-state index in [9.17, 15) is 9.18 Å². The number of halogens is 1. The number of hydrogen-bond acceptors (Lipinski definition) is 4. The summed E-state index contributed by atoms with van der Waals surface area (Å²) in [5.41, 5.74) is 3.23. The van der Waals surface area contributed by atoms with Crippen LogP contribution in [0.2, 0.25) is 0 Å².